The van der Waals surface area contributed by atoms with Gasteiger partial charge in [0.05, 0.1) is 0 Å². The van der Waals surface area contributed by atoms with E-state index in [2.05, 4.69) is 0 Å². The van der Waals surface area contributed by atoms with Gasteiger partial charge < -0.3 is 0 Å². The third-order valence-electron chi connectivity index (χ3n) is 2.72. The molecule has 25 heavy (non-hydrogen) atoms. The van der Waals surface area contributed by atoms with E-state index in [0.717, 1.165) is 0 Å². The van der Waals surface area contributed by atoms with Crippen LogP contribution in [0.1, 0.15) is 6.42 Å². The standard InChI is InChI=1S/C8H4Cl3F13Si/c9-25(10,11)2-1-3(12,13)4(14,15)5(16,17)6(18,19)7(20,21)8(22,23)24/h1-2H2. The minimum absolute atomic E-state index is 1.50. The van der Waals surface area contributed by atoms with Crippen molar-refractivity contribution < 1.29 is 57.1 Å². The molecular formula is C8H4Cl3F13Si. The first kappa shape index (κ1) is 25.2. The minimum Gasteiger partial charge on any atom is -0.200 e. The maximum Gasteiger partial charge on any atom is 0.460 e. The van der Waals surface area contributed by atoms with Crippen LogP contribution in [0.3, 0.4) is 0 Å². The molecule has 0 aliphatic carbocycles. The van der Waals surface area contributed by atoms with E-state index in [1.165, 1.54) is 0 Å². The Bertz CT molecular complexity index is 481. The van der Waals surface area contributed by atoms with Crippen LogP contribution < -0.4 is 0 Å². The fourth-order valence-electron chi connectivity index (χ4n) is 1.26. The topological polar surface area (TPSA) is 0 Å². The van der Waals surface area contributed by atoms with Gasteiger partial charge in [-0.05, 0) is 6.04 Å². The number of hydrogen-bond acceptors (Lipinski definition) is 0. The number of alkyl halides is 13. The van der Waals surface area contributed by atoms with Gasteiger partial charge in [0.25, 0.3) is 0 Å². The van der Waals surface area contributed by atoms with Crippen molar-refractivity contribution >= 4 is 39.2 Å². The second kappa shape index (κ2) is 6.65. The number of hydrogen-bond donors (Lipinski definition) is 0. The summed E-state index contributed by atoms with van der Waals surface area (Å²) in [5.41, 5.74) is 0. The van der Waals surface area contributed by atoms with E-state index >= 15 is 0 Å². The normalized spacial score (nSPS) is 16.3. The molecule has 0 saturated carbocycles. The Kier molecular flexibility index (Phi) is 6.70. The van der Waals surface area contributed by atoms with Gasteiger partial charge in [-0.15, -0.1) is 33.2 Å². The molecule has 0 amide bonds. The van der Waals surface area contributed by atoms with Crippen LogP contribution in [0.15, 0.2) is 0 Å². The molecule has 0 atom stereocenters. The maximum atomic E-state index is 13.2. The molecule has 0 bridgehead atoms. The molecule has 17 heteroatoms. The van der Waals surface area contributed by atoms with Gasteiger partial charge in [0.1, 0.15) is 0 Å². The Morgan fingerprint density at radius 1 is 0.520 bits per heavy atom. The molecular weight excluding hydrogens is 478 g/mol. The fourth-order valence-corrected chi connectivity index (χ4v) is 2.71. The van der Waals surface area contributed by atoms with Crippen molar-refractivity contribution in [1.29, 1.82) is 0 Å². The van der Waals surface area contributed by atoms with Gasteiger partial charge in [-0.2, -0.15) is 57.1 Å². The van der Waals surface area contributed by atoms with Gasteiger partial charge in [-0.3, -0.25) is 0 Å². The molecule has 0 fully saturated rings. The molecule has 0 N–H and O–H groups in total. The molecule has 0 aromatic heterocycles. The predicted octanol–water partition coefficient (Wildman–Crippen LogP) is 6.77. The van der Waals surface area contributed by atoms with Crippen LogP contribution in [0, 0.1) is 0 Å². The number of rotatable bonds is 7. The molecule has 0 spiro atoms. The van der Waals surface area contributed by atoms with E-state index in [9.17, 15) is 57.1 Å². The highest BCUT2D eigenvalue weighted by Gasteiger charge is 2.90. The van der Waals surface area contributed by atoms with E-state index in [1.807, 2.05) is 0 Å². The lowest BCUT2D eigenvalue weighted by Gasteiger charge is -2.39. The molecule has 0 saturated heterocycles. The Hall–Kier alpha value is 0.177. The van der Waals surface area contributed by atoms with Crippen LogP contribution in [0.4, 0.5) is 57.1 Å². The number of halogens is 16. The highest BCUT2D eigenvalue weighted by atomic mass is 35.8. The van der Waals surface area contributed by atoms with E-state index < -0.39 is 54.3 Å². The summed E-state index contributed by atoms with van der Waals surface area (Å²) in [6.45, 7) is 0. The highest BCUT2D eigenvalue weighted by molar-refractivity contribution is 7.64. The lowest BCUT2D eigenvalue weighted by atomic mass is 9.93. The molecule has 0 aromatic carbocycles. The van der Waals surface area contributed by atoms with Gasteiger partial charge in [-0.1, -0.05) is 0 Å². The van der Waals surface area contributed by atoms with Crippen LogP contribution in [0.25, 0.3) is 0 Å². The SMILES string of the molecule is FC(F)(F)C(F)(F)C(F)(F)C(F)(F)C(F)(F)C(F)(F)CC[Si](Cl)(Cl)Cl. The van der Waals surface area contributed by atoms with E-state index in [1.54, 1.807) is 0 Å². The van der Waals surface area contributed by atoms with Crippen LogP contribution >= 0.6 is 33.2 Å². The van der Waals surface area contributed by atoms with Crippen molar-refractivity contribution in [1.82, 2.24) is 0 Å². The summed E-state index contributed by atoms with van der Waals surface area (Å²) in [7, 11) is 0. The van der Waals surface area contributed by atoms with Gasteiger partial charge >= 0.3 is 41.8 Å². The van der Waals surface area contributed by atoms with Crippen LogP contribution in [-0.2, 0) is 0 Å². The van der Waals surface area contributed by atoms with Gasteiger partial charge in [0.2, 0.25) is 0 Å². The monoisotopic (exact) mass is 480 g/mol. The molecule has 0 aliphatic heterocycles. The zero-order valence-corrected chi connectivity index (χ0v) is 14.2. The second-order valence-electron chi connectivity index (χ2n) is 4.61. The van der Waals surface area contributed by atoms with E-state index in [0.29, 0.717) is 0 Å². The molecule has 0 heterocycles. The maximum absolute atomic E-state index is 13.2. The molecule has 0 aliphatic rings. The summed E-state index contributed by atoms with van der Waals surface area (Å²) in [6.07, 6.45) is -9.91. The average Bonchev–Trinajstić information content (AvgIpc) is 2.33. The van der Waals surface area contributed by atoms with Crippen LogP contribution in [0.2, 0.25) is 6.04 Å². The van der Waals surface area contributed by atoms with Gasteiger partial charge in [-0.25, -0.2) is 0 Å². The summed E-state index contributed by atoms with van der Waals surface area (Å²) < 4.78 is 165. The van der Waals surface area contributed by atoms with Crippen molar-refractivity contribution in [3.63, 3.8) is 0 Å². The lowest BCUT2D eigenvalue weighted by molar-refractivity contribution is -0.439. The van der Waals surface area contributed by atoms with E-state index in [4.69, 9.17) is 33.2 Å². The molecule has 152 valence electrons. The quantitative estimate of drug-likeness (QED) is 0.214. The van der Waals surface area contributed by atoms with Crippen molar-refractivity contribution in [3.8, 4) is 0 Å². The molecule has 0 aromatic rings. The zero-order valence-electron chi connectivity index (χ0n) is 11.0. The van der Waals surface area contributed by atoms with Crippen LogP contribution in [0.5, 0.6) is 0 Å². The zero-order chi connectivity index (χ0) is 20.9. The van der Waals surface area contributed by atoms with Crippen molar-refractivity contribution in [2.24, 2.45) is 0 Å². The lowest BCUT2D eigenvalue weighted by Crippen LogP contribution is -2.70. The van der Waals surface area contributed by atoms with E-state index in [-0.39, 0.29) is 0 Å². The summed E-state index contributed by atoms with van der Waals surface area (Å²) in [5, 5.41) is 0. The Balaban J connectivity index is 6.03. The largest absolute Gasteiger partial charge is 0.460 e. The Morgan fingerprint density at radius 2 is 0.840 bits per heavy atom. The minimum atomic E-state index is -7.91. The first-order valence-electron chi connectivity index (χ1n) is 5.48. The van der Waals surface area contributed by atoms with Crippen LogP contribution in [-0.4, -0.2) is 41.8 Å². The summed E-state index contributed by atoms with van der Waals surface area (Å²) in [6, 6.07) is -5.68. The van der Waals surface area contributed by atoms with Crippen molar-refractivity contribution in [3.05, 3.63) is 0 Å². The molecule has 0 unspecified atom stereocenters. The first-order chi connectivity index (χ1) is 10.5. The summed E-state index contributed by atoms with van der Waals surface area (Å²) in [5.74, 6) is -37.0. The third-order valence-corrected chi connectivity index (χ3v) is 5.24. The highest BCUT2D eigenvalue weighted by Crippen LogP contribution is 2.61. The fraction of sp³-hybridized carbons (Fsp3) is 1.00. The van der Waals surface area contributed by atoms with Gasteiger partial charge in [0.15, 0.2) is 0 Å². The van der Waals surface area contributed by atoms with Crippen molar-refractivity contribution in [2.45, 2.75) is 48.3 Å². The third kappa shape index (κ3) is 4.37. The summed E-state index contributed by atoms with van der Waals surface area (Å²) >= 11 is 15.0. The Morgan fingerprint density at radius 3 is 1.12 bits per heavy atom. The summed E-state index contributed by atoms with van der Waals surface area (Å²) in [4.78, 5) is 0. The second-order valence-corrected chi connectivity index (χ2v) is 13.9. The first-order valence-corrected chi connectivity index (χ1v) is 10.7. The molecule has 0 radical (unpaired) electrons. The predicted molar refractivity (Wildman–Crippen MR) is 63.5 cm³/mol. The Labute approximate surface area is 145 Å². The van der Waals surface area contributed by atoms with Crippen molar-refractivity contribution in [2.75, 3.05) is 0 Å². The molecule has 0 nitrogen and oxygen atoms in total. The average molecular weight is 482 g/mol. The van der Waals surface area contributed by atoms with Gasteiger partial charge in [0, 0.05) is 6.42 Å². The smallest absolute Gasteiger partial charge is 0.200 e. The molecule has 0 rings (SSSR count).